The van der Waals surface area contributed by atoms with Gasteiger partial charge < -0.3 is 14.6 Å². The van der Waals surface area contributed by atoms with E-state index < -0.39 is 28.3 Å². The summed E-state index contributed by atoms with van der Waals surface area (Å²) in [6, 6.07) is 15.3. The van der Waals surface area contributed by atoms with Crippen LogP contribution in [0.1, 0.15) is 30.5 Å². The first-order valence-electron chi connectivity index (χ1n) is 14.3. The van der Waals surface area contributed by atoms with Crippen molar-refractivity contribution in [2.24, 2.45) is 17.8 Å². The maximum atomic E-state index is 14.1. The Bertz CT molecular complexity index is 1690. The Morgan fingerprint density at radius 2 is 2.00 bits per heavy atom. The number of anilines is 1. The van der Waals surface area contributed by atoms with Gasteiger partial charge in [-0.3, -0.25) is 24.7 Å². The van der Waals surface area contributed by atoms with Crippen LogP contribution in [0.25, 0.3) is 11.6 Å². The lowest BCUT2D eigenvalue weighted by Crippen LogP contribution is -2.35. The Labute approximate surface area is 252 Å². The number of pyridine rings is 1. The van der Waals surface area contributed by atoms with Crippen molar-refractivity contribution >= 4 is 34.8 Å². The molecule has 6 rings (SSSR count). The summed E-state index contributed by atoms with van der Waals surface area (Å²) in [7, 11) is 1.58. The second-order valence-corrected chi connectivity index (χ2v) is 11.2. The zero-order chi connectivity index (χ0) is 31.0. The summed E-state index contributed by atoms with van der Waals surface area (Å²) >= 11 is 0. The molecule has 2 aliphatic heterocycles. The first-order valence-corrected chi connectivity index (χ1v) is 14.3. The zero-order valence-electron chi connectivity index (χ0n) is 23.9. The van der Waals surface area contributed by atoms with E-state index >= 15 is 0 Å². The van der Waals surface area contributed by atoms with Crippen LogP contribution in [0.3, 0.4) is 0 Å². The molecule has 0 bridgehead atoms. The number of non-ortho nitro benzene ring substituents is 1. The monoisotopic (exact) mass is 599 g/mol. The molecule has 0 saturated carbocycles. The van der Waals surface area contributed by atoms with Crippen molar-refractivity contribution in [1.82, 2.24) is 4.98 Å². The normalized spacial score (nSPS) is 23.2. The predicted octanol–water partition coefficient (Wildman–Crippen LogP) is 5.32. The first-order chi connectivity index (χ1) is 21.3. The molecule has 11 heteroatoms. The number of ether oxygens (including phenoxy) is 2. The molecule has 3 aromatic rings. The number of hydrogen-bond donors (Lipinski definition) is 1. The molecule has 2 saturated heterocycles. The summed E-state index contributed by atoms with van der Waals surface area (Å²) in [4.78, 5) is 43.8. The van der Waals surface area contributed by atoms with Gasteiger partial charge in [0, 0.05) is 31.4 Å². The minimum Gasteiger partial charge on any atom is -0.505 e. The van der Waals surface area contributed by atoms with Gasteiger partial charge in [0.2, 0.25) is 11.8 Å². The van der Waals surface area contributed by atoms with Gasteiger partial charge in [-0.25, -0.2) is 9.29 Å². The molecular weight excluding hydrogens is 569 g/mol. The van der Waals surface area contributed by atoms with Crippen LogP contribution in [0, 0.1) is 33.7 Å². The number of carbonyl (C=O) groups is 2. The average Bonchev–Trinajstić information content (AvgIpc) is 3.55. The Hall–Kier alpha value is -4.74. The SMILES string of the molecule is COCC1=C2[C@@H](CC/C(=C/c3ccc(O)c(F)c3)c3ccccn3)OC[C@@H]2[C@@H]2C(=O)N(c3cccc([N+](=O)[O-])c3)C(=O)[C@@H]2C1. The van der Waals surface area contributed by atoms with E-state index in [4.69, 9.17) is 9.47 Å². The molecule has 2 aromatic carbocycles. The summed E-state index contributed by atoms with van der Waals surface area (Å²) in [6.45, 7) is 0.533. The molecule has 1 aliphatic carbocycles. The number of carbonyl (C=O) groups excluding carboxylic acids is 2. The number of imide groups is 1. The van der Waals surface area contributed by atoms with Crippen LogP contribution >= 0.6 is 0 Å². The van der Waals surface area contributed by atoms with E-state index in [1.807, 2.05) is 24.3 Å². The summed E-state index contributed by atoms with van der Waals surface area (Å²) < 4.78 is 25.9. The summed E-state index contributed by atoms with van der Waals surface area (Å²) in [5.41, 5.74) is 4.00. The van der Waals surface area contributed by atoms with Crippen LogP contribution in [0.5, 0.6) is 5.75 Å². The molecule has 2 fully saturated rings. The maximum absolute atomic E-state index is 14.1. The number of rotatable bonds is 9. The molecule has 0 radical (unpaired) electrons. The van der Waals surface area contributed by atoms with Gasteiger partial charge in [0.1, 0.15) is 0 Å². The molecule has 44 heavy (non-hydrogen) atoms. The van der Waals surface area contributed by atoms with E-state index in [9.17, 15) is 29.2 Å². The van der Waals surface area contributed by atoms with Crippen LogP contribution in [0.15, 0.2) is 78.0 Å². The highest BCUT2D eigenvalue weighted by Gasteiger charge is 2.57. The lowest BCUT2D eigenvalue weighted by molar-refractivity contribution is -0.384. The third kappa shape index (κ3) is 5.40. The Kier molecular flexibility index (Phi) is 8.07. The van der Waals surface area contributed by atoms with Crippen LogP contribution < -0.4 is 4.90 Å². The number of benzene rings is 2. The fourth-order valence-corrected chi connectivity index (χ4v) is 6.71. The minimum absolute atomic E-state index is 0.185. The van der Waals surface area contributed by atoms with Gasteiger partial charge in [-0.1, -0.05) is 18.2 Å². The van der Waals surface area contributed by atoms with Gasteiger partial charge in [0.05, 0.1) is 47.5 Å². The number of phenols is 1. The smallest absolute Gasteiger partial charge is 0.271 e. The Balaban J connectivity index is 1.28. The summed E-state index contributed by atoms with van der Waals surface area (Å²) in [5, 5.41) is 21.0. The lowest BCUT2D eigenvalue weighted by Gasteiger charge is -2.31. The number of phenolic OH excluding ortho intramolecular Hbond substituents is 1. The number of nitro groups is 1. The van der Waals surface area contributed by atoms with Crippen LogP contribution in [0.4, 0.5) is 15.8 Å². The topological polar surface area (TPSA) is 132 Å². The summed E-state index contributed by atoms with van der Waals surface area (Å²) in [5.74, 6) is -3.50. The standard InChI is InChI=1S/C33H30FN3O7/c1-43-17-21-15-24-31(33(40)36(32(24)39)22-5-4-6-23(16-22)37(41)42)25-18-44-29(30(21)25)11-9-20(27-7-2-3-12-35-27)13-19-8-10-28(38)26(34)14-19/h2-8,10,12-14,16,24-25,29,31,38H,9,11,15,17-18H2,1H3/b20-13-/t24-,25+,29-,31-/m1/s1. The van der Waals surface area contributed by atoms with E-state index in [-0.39, 0.29) is 48.4 Å². The van der Waals surface area contributed by atoms with Crippen LogP contribution in [-0.2, 0) is 19.1 Å². The van der Waals surface area contributed by atoms with E-state index in [1.54, 1.807) is 19.4 Å². The van der Waals surface area contributed by atoms with Gasteiger partial charge >= 0.3 is 0 Å². The second kappa shape index (κ2) is 12.1. The Morgan fingerprint density at radius 1 is 1.16 bits per heavy atom. The minimum atomic E-state index is -0.720. The van der Waals surface area contributed by atoms with Gasteiger partial charge in [0.15, 0.2) is 11.6 Å². The average molecular weight is 600 g/mol. The summed E-state index contributed by atoms with van der Waals surface area (Å²) in [6.07, 6.45) is 4.55. The van der Waals surface area contributed by atoms with Crippen molar-refractivity contribution in [3.8, 4) is 5.75 Å². The first kappa shape index (κ1) is 29.3. The lowest BCUT2D eigenvalue weighted by atomic mass is 9.69. The molecule has 10 nitrogen and oxygen atoms in total. The second-order valence-electron chi connectivity index (χ2n) is 11.2. The molecule has 3 aliphatic rings. The van der Waals surface area contributed by atoms with Crippen molar-refractivity contribution < 1.29 is 33.5 Å². The molecule has 0 spiro atoms. The maximum Gasteiger partial charge on any atom is 0.271 e. The number of nitro benzene ring substituents is 1. The van der Waals surface area contributed by atoms with Gasteiger partial charge in [0.25, 0.3) is 5.69 Å². The van der Waals surface area contributed by atoms with Crippen LogP contribution in [0.2, 0.25) is 0 Å². The van der Waals surface area contributed by atoms with E-state index in [0.717, 1.165) is 27.3 Å². The number of aromatic hydroxyl groups is 1. The highest BCUT2D eigenvalue weighted by atomic mass is 19.1. The van der Waals surface area contributed by atoms with Gasteiger partial charge in [-0.05, 0) is 78.0 Å². The Morgan fingerprint density at radius 3 is 2.73 bits per heavy atom. The van der Waals surface area contributed by atoms with Gasteiger partial charge in [-0.15, -0.1) is 0 Å². The number of methoxy groups -OCH3 is 1. The zero-order valence-corrected chi connectivity index (χ0v) is 23.9. The molecule has 2 amide bonds. The van der Waals surface area contributed by atoms with E-state index in [1.165, 1.54) is 36.4 Å². The molecule has 1 aromatic heterocycles. The number of allylic oxidation sites excluding steroid dienone is 1. The largest absolute Gasteiger partial charge is 0.505 e. The molecule has 0 unspecified atom stereocenters. The van der Waals surface area contributed by atoms with Crippen molar-refractivity contribution in [1.29, 1.82) is 0 Å². The van der Waals surface area contributed by atoms with Crippen molar-refractivity contribution in [2.45, 2.75) is 25.4 Å². The highest BCUT2D eigenvalue weighted by Crippen LogP contribution is 2.51. The number of aromatic nitrogens is 1. The fourth-order valence-electron chi connectivity index (χ4n) is 6.71. The van der Waals surface area contributed by atoms with Crippen molar-refractivity contribution in [3.63, 3.8) is 0 Å². The molecule has 1 N–H and O–H groups in total. The third-order valence-corrected chi connectivity index (χ3v) is 8.61. The number of hydrogen-bond acceptors (Lipinski definition) is 8. The third-order valence-electron chi connectivity index (χ3n) is 8.61. The fraction of sp³-hybridized carbons (Fsp3) is 0.303. The van der Waals surface area contributed by atoms with Crippen molar-refractivity contribution in [2.75, 3.05) is 25.2 Å². The molecular formula is C33H30FN3O7. The quantitative estimate of drug-likeness (QED) is 0.151. The van der Waals surface area contributed by atoms with E-state index in [2.05, 4.69) is 4.98 Å². The van der Waals surface area contributed by atoms with Crippen LogP contribution in [-0.4, -0.2) is 53.3 Å². The molecule has 226 valence electrons. The van der Waals surface area contributed by atoms with Gasteiger partial charge in [-0.2, -0.15) is 0 Å². The molecule has 4 atom stereocenters. The number of fused-ring (bicyclic) bond motifs is 3. The van der Waals surface area contributed by atoms with E-state index in [0.29, 0.717) is 24.8 Å². The highest BCUT2D eigenvalue weighted by molar-refractivity contribution is 6.22. The predicted molar refractivity (Wildman–Crippen MR) is 159 cm³/mol. The number of halogens is 1. The number of amides is 2. The number of nitrogens with zero attached hydrogens (tertiary/aromatic N) is 3. The molecule has 3 heterocycles. The van der Waals surface area contributed by atoms with Crippen molar-refractivity contribution in [3.05, 3.63) is 105 Å².